The van der Waals surface area contributed by atoms with E-state index in [1.807, 2.05) is 36.4 Å². The first-order chi connectivity index (χ1) is 14.2. The van der Waals surface area contributed by atoms with E-state index in [0.29, 0.717) is 27.2 Å². The smallest absolute Gasteiger partial charge is 0.265 e. The highest BCUT2D eigenvalue weighted by molar-refractivity contribution is 8.26. The summed E-state index contributed by atoms with van der Waals surface area (Å²) in [6.45, 7) is 3.76. The van der Waals surface area contributed by atoms with E-state index in [0.717, 1.165) is 16.7 Å². The molecule has 0 spiro atoms. The van der Waals surface area contributed by atoms with Crippen molar-refractivity contribution in [2.24, 2.45) is 0 Å². The molecule has 0 radical (unpaired) electrons. The standard InChI is InChI=1S/C22H20N2O4S2/c1-22(2,27)15-5-3-4-14(8-15)11-24-16-9-13(6-7-17(16)28-12-19(24)25)10-18-20(26)23-21(29)30-18/h3-10,27H,11-12H2,1-2H3,(H,23,26,29)/b18-10-. The van der Waals surface area contributed by atoms with Crippen molar-refractivity contribution < 1.29 is 19.4 Å². The Bertz CT molecular complexity index is 1090. The fraction of sp³-hybridized carbons (Fsp3) is 0.227. The first-order valence-corrected chi connectivity index (χ1v) is 10.6. The number of carbonyl (C=O) groups excluding carboxylic acids is 2. The largest absolute Gasteiger partial charge is 0.482 e. The van der Waals surface area contributed by atoms with Crippen molar-refractivity contribution in [3.05, 3.63) is 64.1 Å². The van der Waals surface area contributed by atoms with E-state index in [-0.39, 0.29) is 18.4 Å². The van der Waals surface area contributed by atoms with Gasteiger partial charge in [0.05, 0.1) is 22.7 Å². The number of anilines is 1. The van der Waals surface area contributed by atoms with Gasteiger partial charge >= 0.3 is 0 Å². The minimum Gasteiger partial charge on any atom is -0.482 e. The van der Waals surface area contributed by atoms with Gasteiger partial charge in [-0.2, -0.15) is 0 Å². The predicted molar refractivity (Wildman–Crippen MR) is 121 cm³/mol. The number of hydrogen-bond acceptors (Lipinski definition) is 6. The molecule has 0 unspecified atom stereocenters. The Balaban J connectivity index is 1.67. The SMILES string of the molecule is CC(C)(O)c1cccc(CN2C(=O)COc3ccc(/C=C4\SC(=S)NC4=O)cc32)c1. The number of amides is 2. The zero-order valence-electron chi connectivity index (χ0n) is 16.5. The van der Waals surface area contributed by atoms with Gasteiger partial charge in [0.25, 0.3) is 11.8 Å². The second-order valence-electron chi connectivity index (χ2n) is 7.61. The molecule has 2 aromatic carbocycles. The van der Waals surface area contributed by atoms with Crippen molar-refractivity contribution in [1.29, 1.82) is 0 Å². The lowest BCUT2D eigenvalue weighted by molar-refractivity contribution is -0.121. The van der Waals surface area contributed by atoms with Crippen LogP contribution in [-0.2, 0) is 21.7 Å². The second kappa shape index (κ2) is 7.86. The van der Waals surface area contributed by atoms with E-state index in [1.54, 1.807) is 30.9 Å². The number of nitrogens with zero attached hydrogens (tertiary/aromatic N) is 1. The predicted octanol–water partition coefficient (Wildman–Crippen LogP) is 3.33. The molecule has 2 aliphatic rings. The summed E-state index contributed by atoms with van der Waals surface area (Å²) in [5.41, 5.74) is 2.11. The second-order valence-corrected chi connectivity index (χ2v) is 9.33. The van der Waals surface area contributed by atoms with Crippen LogP contribution in [0.4, 0.5) is 5.69 Å². The lowest BCUT2D eigenvalue weighted by Gasteiger charge is -2.30. The van der Waals surface area contributed by atoms with Gasteiger partial charge in [0, 0.05) is 0 Å². The molecule has 2 heterocycles. The maximum absolute atomic E-state index is 12.6. The number of thioether (sulfide) groups is 1. The number of benzene rings is 2. The van der Waals surface area contributed by atoms with Gasteiger partial charge in [-0.15, -0.1) is 0 Å². The third-order valence-electron chi connectivity index (χ3n) is 4.84. The van der Waals surface area contributed by atoms with Crippen LogP contribution >= 0.6 is 24.0 Å². The lowest BCUT2D eigenvalue weighted by Crippen LogP contribution is -2.38. The molecule has 6 nitrogen and oxygen atoms in total. The van der Waals surface area contributed by atoms with E-state index < -0.39 is 5.60 Å². The fourth-order valence-corrected chi connectivity index (χ4v) is 4.33. The molecule has 2 amide bonds. The Morgan fingerprint density at radius 2 is 2.07 bits per heavy atom. The van der Waals surface area contributed by atoms with E-state index in [9.17, 15) is 14.7 Å². The summed E-state index contributed by atoms with van der Waals surface area (Å²) < 4.78 is 6.01. The molecule has 2 N–H and O–H groups in total. The van der Waals surface area contributed by atoms with Crippen LogP contribution in [0.5, 0.6) is 5.75 Å². The number of ether oxygens (including phenoxy) is 1. The first kappa shape index (κ1) is 20.6. The number of fused-ring (bicyclic) bond motifs is 1. The van der Waals surface area contributed by atoms with E-state index in [1.165, 1.54) is 11.8 Å². The molecule has 154 valence electrons. The molecule has 0 aromatic heterocycles. The Labute approximate surface area is 183 Å². The van der Waals surface area contributed by atoms with Crippen molar-refractivity contribution >= 4 is 51.9 Å². The average Bonchev–Trinajstić information content (AvgIpc) is 3.00. The summed E-state index contributed by atoms with van der Waals surface area (Å²) in [6, 6.07) is 13.0. The highest BCUT2D eigenvalue weighted by atomic mass is 32.2. The van der Waals surface area contributed by atoms with E-state index in [2.05, 4.69) is 5.32 Å². The zero-order valence-corrected chi connectivity index (χ0v) is 18.1. The quantitative estimate of drug-likeness (QED) is 0.561. The summed E-state index contributed by atoms with van der Waals surface area (Å²) >= 11 is 6.24. The molecule has 0 bridgehead atoms. The maximum atomic E-state index is 12.6. The third-order valence-corrected chi connectivity index (χ3v) is 6.00. The first-order valence-electron chi connectivity index (χ1n) is 9.34. The van der Waals surface area contributed by atoms with Gasteiger partial charge in [-0.1, -0.05) is 54.3 Å². The molecule has 30 heavy (non-hydrogen) atoms. The molecule has 8 heteroatoms. The number of rotatable bonds is 4. The Morgan fingerprint density at radius 1 is 1.27 bits per heavy atom. The van der Waals surface area contributed by atoms with Gasteiger partial charge in [-0.25, -0.2) is 0 Å². The van der Waals surface area contributed by atoms with Crippen LogP contribution in [0.15, 0.2) is 47.4 Å². The maximum Gasteiger partial charge on any atom is 0.265 e. The Kier molecular flexibility index (Phi) is 5.40. The van der Waals surface area contributed by atoms with Gasteiger partial charge < -0.3 is 20.1 Å². The summed E-state index contributed by atoms with van der Waals surface area (Å²) in [4.78, 5) is 26.8. The summed E-state index contributed by atoms with van der Waals surface area (Å²) in [5, 5.41) is 12.9. The van der Waals surface area contributed by atoms with Crippen molar-refractivity contribution in [1.82, 2.24) is 5.32 Å². The van der Waals surface area contributed by atoms with Gasteiger partial charge in [0.2, 0.25) is 0 Å². The number of hydrogen-bond donors (Lipinski definition) is 2. The van der Waals surface area contributed by atoms with Crippen molar-refractivity contribution in [2.45, 2.75) is 26.0 Å². The fourth-order valence-electron chi connectivity index (χ4n) is 3.29. The molecule has 0 atom stereocenters. The number of aliphatic hydroxyl groups is 1. The topological polar surface area (TPSA) is 78.9 Å². The van der Waals surface area contributed by atoms with E-state index >= 15 is 0 Å². The molecule has 2 aliphatic heterocycles. The van der Waals surface area contributed by atoms with Crippen LogP contribution in [0.1, 0.15) is 30.5 Å². The number of carbonyl (C=O) groups is 2. The molecular weight excluding hydrogens is 420 g/mol. The minimum absolute atomic E-state index is 0.0366. The highest BCUT2D eigenvalue weighted by Crippen LogP contribution is 2.36. The lowest BCUT2D eigenvalue weighted by atomic mass is 9.96. The van der Waals surface area contributed by atoms with Crippen LogP contribution in [0.3, 0.4) is 0 Å². The minimum atomic E-state index is -0.970. The monoisotopic (exact) mass is 440 g/mol. The molecule has 2 aromatic rings. The number of nitrogens with one attached hydrogen (secondary N) is 1. The van der Waals surface area contributed by atoms with Crippen LogP contribution in [-0.4, -0.2) is 27.8 Å². The molecule has 0 saturated carbocycles. The Hall–Kier alpha value is -2.68. The van der Waals surface area contributed by atoms with Crippen LogP contribution < -0.4 is 15.0 Å². The van der Waals surface area contributed by atoms with Gasteiger partial charge in [-0.3, -0.25) is 9.59 Å². The summed E-state index contributed by atoms with van der Waals surface area (Å²) in [7, 11) is 0. The van der Waals surface area contributed by atoms with Gasteiger partial charge in [0.1, 0.15) is 10.1 Å². The highest BCUT2D eigenvalue weighted by Gasteiger charge is 2.27. The molecule has 0 aliphatic carbocycles. The molecular formula is C22H20N2O4S2. The van der Waals surface area contributed by atoms with Gasteiger partial charge in [-0.05, 0) is 48.7 Å². The molecule has 1 saturated heterocycles. The van der Waals surface area contributed by atoms with Crippen molar-refractivity contribution in [2.75, 3.05) is 11.5 Å². The van der Waals surface area contributed by atoms with E-state index in [4.69, 9.17) is 17.0 Å². The van der Waals surface area contributed by atoms with Gasteiger partial charge in [0.15, 0.2) is 6.61 Å². The molecule has 1 fully saturated rings. The van der Waals surface area contributed by atoms with Crippen molar-refractivity contribution in [3.63, 3.8) is 0 Å². The third kappa shape index (κ3) is 4.26. The zero-order chi connectivity index (χ0) is 21.5. The van der Waals surface area contributed by atoms with Crippen LogP contribution in [0.2, 0.25) is 0 Å². The summed E-state index contributed by atoms with van der Waals surface area (Å²) in [5.74, 6) is 0.222. The van der Waals surface area contributed by atoms with Crippen LogP contribution in [0, 0.1) is 0 Å². The Morgan fingerprint density at radius 3 is 2.77 bits per heavy atom. The summed E-state index contributed by atoms with van der Waals surface area (Å²) in [6.07, 6.45) is 1.74. The normalized spacial score (nSPS) is 17.8. The van der Waals surface area contributed by atoms with Crippen LogP contribution in [0.25, 0.3) is 6.08 Å². The number of thiocarbonyl (C=S) groups is 1. The molecule has 4 rings (SSSR count). The van der Waals surface area contributed by atoms with Crippen molar-refractivity contribution in [3.8, 4) is 5.75 Å². The average molecular weight is 441 g/mol.